The van der Waals surface area contributed by atoms with Crippen LogP contribution in [-0.2, 0) is 0 Å². The molecule has 0 aliphatic carbocycles. The maximum absolute atomic E-state index is 12.3. The number of rotatable bonds is 1. The number of hydrogen-bond acceptors (Lipinski definition) is 4. The zero-order chi connectivity index (χ0) is 13.3. The van der Waals surface area contributed by atoms with Crippen molar-refractivity contribution in [1.82, 2.24) is 9.80 Å². The van der Waals surface area contributed by atoms with Crippen LogP contribution in [0.3, 0.4) is 0 Å². The number of nitrogens with two attached hydrogens (primary N) is 1. The van der Waals surface area contributed by atoms with Crippen LogP contribution in [0.1, 0.15) is 30.4 Å². The van der Waals surface area contributed by atoms with E-state index in [0.29, 0.717) is 10.6 Å². The van der Waals surface area contributed by atoms with Crippen LogP contribution in [0.25, 0.3) is 0 Å². The van der Waals surface area contributed by atoms with Crippen molar-refractivity contribution in [3.63, 3.8) is 0 Å². The number of thiophene rings is 1. The van der Waals surface area contributed by atoms with Gasteiger partial charge in [0.25, 0.3) is 5.91 Å². The molecule has 0 atom stereocenters. The van der Waals surface area contributed by atoms with Crippen molar-refractivity contribution >= 4 is 22.9 Å². The molecular formula is C13H21N3OS. The highest BCUT2D eigenvalue weighted by molar-refractivity contribution is 7.12. The number of carbonyl (C=O) groups is 1. The summed E-state index contributed by atoms with van der Waals surface area (Å²) in [4.78, 5) is 17.3. The molecular weight excluding hydrogens is 246 g/mol. The number of anilines is 1. The predicted octanol–water partition coefficient (Wildman–Crippen LogP) is 1.89. The fourth-order valence-electron chi connectivity index (χ4n) is 2.22. The minimum absolute atomic E-state index is 0.0797. The SMILES string of the molecule is CC(C)(C)N1CCN(C(=O)c2sccc2N)CC1. The van der Waals surface area contributed by atoms with Gasteiger partial charge >= 0.3 is 0 Å². The van der Waals surface area contributed by atoms with Crippen molar-refractivity contribution in [2.24, 2.45) is 0 Å². The van der Waals surface area contributed by atoms with E-state index in [9.17, 15) is 4.79 Å². The van der Waals surface area contributed by atoms with Crippen LogP contribution < -0.4 is 5.73 Å². The van der Waals surface area contributed by atoms with Gasteiger partial charge in [-0.25, -0.2) is 0 Å². The average Bonchev–Trinajstić information content (AvgIpc) is 2.73. The second kappa shape index (κ2) is 4.90. The van der Waals surface area contributed by atoms with Crippen LogP contribution in [0.4, 0.5) is 5.69 Å². The lowest BCUT2D eigenvalue weighted by atomic mass is 10.0. The van der Waals surface area contributed by atoms with Gasteiger partial charge in [0, 0.05) is 31.7 Å². The average molecular weight is 267 g/mol. The van der Waals surface area contributed by atoms with Gasteiger partial charge in [0.05, 0.1) is 5.69 Å². The van der Waals surface area contributed by atoms with Crippen molar-refractivity contribution in [3.8, 4) is 0 Å². The molecule has 2 N–H and O–H groups in total. The fourth-order valence-corrected chi connectivity index (χ4v) is 3.00. The number of amides is 1. The number of piperazine rings is 1. The third-order valence-electron chi connectivity index (χ3n) is 3.41. The first kappa shape index (κ1) is 13.4. The van der Waals surface area contributed by atoms with E-state index < -0.39 is 0 Å². The molecule has 18 heavy (non-hydrogen) atoms. The lowest BCUT2D eigenvalue weighted by Gasteiger charge is -2.42. The van der Waals surface area contributed by atoms with Crippen LogP contribution in [0, 0.1) is 0 Å². The van der Waals surface area contributed by atoms with Gasteiger partial charge in [-0.3, -0.25) is 9.69 Å². The first-order valence-corrected chi connectivity index (χ1v) is 7.15. The summed E-state index contributed by atoms with van der Waals surface area (Å²) < 4.78 is 0. The molecule has 0 unspecified atom stereocenters. The molecule has 1 aromatic rings. The third-order valence-corrected chi connectivity index (χ3v) is 4.32. The van der Waals surface area contributed by atoms with Crippen molar-refractivity contribution in [2.75, 3.05) is 31.9 Å². The Balaban J connectivity index is 1.99. The Hall–Kier alpha value is -1.07. The number of nitrogens with zero attached hydrogens (tertiary/aromatic N) is 2. The Morgan fingerprint density at radius 2 is 1.89 bits per heavy atom. The fraction of sp³-hybridized carbons (Fsp3) is 0.615. The van der Waals surface area contributed by atoms with Crippen molar-refractivity contribution in [3.05, 3.63) is 16.3 Å². The first-order valence-electron chi connectivity index (χ1n) is 6.27. The summed E-state index contributed by atoms with van der Waals surface area (Å²) >= 11 is 1.43. The van der Waals surface area contributed by atoms with E-state index in [2.05, 4.69) is 25.7 Å². The van der Waals surface area contributed by atoms with E-state index in [1.165, 1.54) is 11.3 Å². The number of hydrogen-bond donors (Lipinski definition) is 1. The van der Waals surface area contributed by atoms with Gasteiger partial charge in [-0.05, 0) is 32.2 Å². The maximum Gasteiger partial charge on any atom is 0.266 e. The second-order valence-electron chi connectivity index (χ2n) is 5.66. The van der Waals surface area contributed by atoms with Gasteiger partial charge < -0.3 is 10.6 Å². The van der Waals surface area contributed by atoms with E-state index in [-0.39, 0.29) is 11.4 Å². The summed E-state index contributed by atoms with van der Waals surface area (Å²) in [7, 11) is 0. The second-order valence-corrected chi connectivity index (χ2v) is 6.57. The number of carbonyl (C=O) groups excluding carboxylic acids is 1. The standard InChI is InChI=1S/C13H21N3OS/c1-13(2,3)16-7-5-15(6-8-16)12(17)11-10(14)4-9-18-11/h4,9H,5-8,14H2,1-3H3. The molecule has 1 saturated heterocycles. The Kier molecular flexibility index (Phi) is 3.64. The van der Waals surface area contributed by atoms with Crippen molar-refractivity contribution in [1.29, 1.82) is 0 Å². The molecule has 2 rings (SSSR count). The number of nitrogen functional groups attached to an aromatic ring is 1. The largest absolute Gasteiger partial charge is 0.397 e. The molecule has 0 spiro atoms. The maximum atomic E-state index is 12.3. The highest BCUT2D eigenvalue weighted by atomic mass is 32.1. The van der Waals surface area contributed by atoms with Crippen LogP contribution >= 0.6 is 11.3 Å². The summed E-state index contributed by atoms with van der Waals surface area (Å²) in [5.41, 5.74) is 6.58. The van der Waals surface area contributed by atoms with Gasteiger partial charge in [0.2, 0.25) is 0 Å². The highest BCUT2D eigenvalue weighted by Gasteiger charge is 2.29. The van der Waals surface area contributed by atoms with Gasteiger partial charge in [-0.2, -0.15) is 0 Å². The summed E-state index contributed by atoms with van der Waals surface area (Å²) in [6.07, 6.45) is 0. The first-order chi connectivity index (χ1) is 8.39. The van der Waals surface area contributed by atoms with Crippen LogP contribution in [0.2, 0.25) is 0 Å². The molecule has 0 saturated carbocycles. The molecule has 1 amide bonds. The normalized spacial score (nSPS) is 18.1. The van der Waals surface area contributed by atoms with E-state index in [0.717, 1.165) is 26.2 Å². The molecule has 0 aromatic carbocycles. The van der Waals surface area contributed by atoms with Crippen LogP contribution in [-0.4, -0.2) is 47.4 Å². The Morgan fingerprint density at radius 1 is 1.28 bits per heavy atom. The lowest BCUT2D eigenvalue weighted by molar-refractivity contribution is 0.0455. The molecule has 2 heterocycles. The summed E-state index contributed by atoms with van der Waals surface area (Å²) in [6, 6.07) is 1.79. The van der Waals surface area contributed by atoms with E-state index in [1.54, 1.807) is 6.07 Å². The van der Waals surface area contributed by atoms with E-state index in [1.807, 2.05) is 10.3 Å². The molecule has 1 aliphatic rings. The molecule has 0 radical (unpaired) electrons. The molecule has 100 valence electrons. The van der Waals surface area contributed by atoms with Gasteiger partial charge in [-0.1, -0.05) is 0 Å². The Morgan fingerprint density at radius 3 is 2.33 bits per heavy atom. The lowest BCUT2D eigenvalue weighted by Crippen LogP contribution is -2.54. The van der Waals surface area contributed by atoms with Gasteiger partial charge in [0.1, 0.15) is 4.88 Å². The highest BCUT2D eigenvalue weighted by Crippen LogP contribution is 2.22. The summed E-state index contributed by atoms with van der Waals surface area (Å²) in [6.45, 7) is 10.1. The van der Waals surface area contributed by atoms with Crippen molar-refractivity contribution < 1.29 is 4.79 Å². The predicted molar refractivity (Wildman–Crippen MR) is 76.0 cm³/mol. The van der Waals surface area contributed by atoms with Crippen LogP contribution in [0.15, 0.2) is 11.4 Å². The van der Waals surface area contributed by atoms with Gasteiger partial charge in [0.15, 0.2) is 0 Å². The molecule has 4 nitrogen and oxygen atoms in total. The molecule has 5 heteroatoms. The summed E-state index contributed by atoms with van der Waals surface area (Å²) in [5.74, 6) is 0.0797. The Bertz CT molecular complexity index is 428. The third kappa shape index (κ3) is 2.67. The zero-order valence-electron chi connectivity index (χ0n) is 11.3. The van der Waals surface area contributed by atoms with E-state index >= 15 is 0 Å². The monoisotopic (exact) mass is 267 g/mol. The molecule has 0 bridgehead atoms. The molecule has 1 aliphatic heterocycles. The topological polar surface area (TPSA) is 49.6 Å². The zero-order valence-corrected chi connectivity index (χ0v) is 12.1. The Labute approximate surface area is 112 Å². The quantitative estimate of drug-likeness (QED) is 0.845. The van der Waals surface area contributed by atoms with Crippen LogP contribution in [0.5, 0.6) is 0 Å². The minimum Gasteiger partial charge on any atom is -0.397 e. The smallest absolute Gasteiger partial charge is 0.266 e. The molecule has 1 aromatic heterocycles. The summed E-state index contributed by atoms with van der Waals surface area (Å²) in [5, 5.41) is 1.87. The van der Waals surface area contributed by atoms with Gasteiger partial charge in [-0.15, -0.1) is 11.3 Å². The van der Waals surface area contributed by atoms with Crippen molar-refractivity contribution in [2.45, 2.75) is 26.3 Å². The van der Waals surface area contributed by atoms with E-state index in [4.69, 9.17) is 5.73 Å². The minimum atomic E-state index is 0.0797. The molecule has 1 fully saturated rings.